The monoisotopic (exact) mass is 435 g/mol. The molecule has 12 heteroatoms. The molecule has 12 atom stereocenters. The molecule has 2 heterocycles. The molecule has 2 aliphatic heterocycles. The Hall–Kier alpha value is -0.480. The summed E-state index contributed by atoms with van der Waals surface area (Å²) in [4.78, 5) is 0. The lowest BCUT2D eigenvalue weighted by atomic mass is 9.84. The summed E-state index contributed by atoms with van der Waals surface area (Å²) in [5.74, 6) is 0. The van der Waals surface area contributed by atoms with E-state index in [9.17, 15) is 15.3 Å². The van der Waals surface area contributed by atoms with Crippen molar-refractivity contribution in [1.82, 2.24) is 0 Å². The maximum absolute atomic E-state index is 10.9. The summed E-state index contributed by atoms with van der Waals surface area (Å²) in [6.07, 6.45) is -4.78. The highest BCUT2D eigenvalue weighted by Crippen LogP contribution is 2.31. The van der Waals surface area contributed by atoms with Crippen molar-refractivity contribution in [3.63, 3.8) is 0 Å². The average Bonchev–Trinajstić information content (AvgIpc) is 2.69. The molecule has 0 spiro atoms. The third-order valence-electron chi connectivity index (χ3n) is 6.31. The first-order chi connectivity index (χ1) is 14.0. The second kappa shape index (κ2) is 9.57. The summed E-state index contributed by atoms with van der Waals surface area (Å²) in [6, 6.07) is -2.60. The molecule has 0 aromatic carbocycles. The summed E-state index contributed by atoms with van der Waals surface area (Å²) in [6.45, 7) is 1.66. The van der Waals surface area contributed by atoms with Crippen LogP contribution in [0.2, 0.25) is 0 Å². The van der Waals surface area contributed by atoms with Gasteiger partial charge in [-0.3, -0.25) is 0 Å². The van der Waals surface area contributed by atoms with Crippen molar-refractivity contribution in [2.75, 3.05) is 13.2 Å². The molecule has 13 N–H and O–H groups in total. The third kappa shape index (κ3) is 4.95. The first kappa shape index (κ1) is 24.2. The van der Waals surface area contributed by atoms with E-state index in [1.54, 1.807) is 0 Å². The second-order valence-electron chi connectivity index (χ2n) is 8.91. The van der Waals surface area contributed by atoms with E-state index in [0.29, 0.717) is 19.4 Å². The van der Waals surface area contributed by atoms with Crippen LogP contribution in [0.3, 0.4) is 0 Å². The van der Waals surface area contributed by atoms with Crippen molar-refractivity contribution < 1.29 is 34.3 Å². The first-order valence-corrected chi connectivity index (χ1v) is 10.4. The Labute approximate surface area is 175 Å². The molecular formula is C18H37N5O7. The van der Waals surface area contributed by atoms with E-state index >= 15 is 0 Å². The molecule has 3 rings (SSSR count). The van der Waals surface area contributed by atoms with E-state index in [1.165, 1.54) is 6.92 Å². The number of aliphatic hydroxyl groups excluding tert-OH is 2. The van der Waals surface area contributed by atoms with E-state index in [-0.39, 0.29) is 18.8 Å². The standard InChI is InChI=1S/C18H37N5O7/c1-18(26)6-27-17(12(25)15(18)23)30-14-10(22)4-9(21)13(11(14)24)29-16-8(20)3-2-7(5-19)28-16/h7-17,24-26H,2-6,19-23H2,1H3. The number of hydrogen-bond acceptors (Lipinski definition) is 12. The Morgan fingerprint density at radius 2 is 1.53 bits per heavy atom. The van der Waals surface area contributed by atoms with Crippen LogP contribution < -0.4 is 28.7 Å². The van der Waals surface area contributed by atoms with Crippen LogP contribution >= 0.6 is 0 Å². The van der Waals surface area contributed by atoms with E-state index < -0.39 is 60.7 Å². The molecule has 3 fully saturated rings. The quantitative estimate of drug-likeness (QED) is 0.205. The smallest absolute Gasteiger partial charge is 0.185 e. The summed E-state index contributed by atoms with van der Waals surface area (Å²) >= 11 is 0. The second-order valence-corrected chi connectivity index (χ2v) is 8.91. The molecule has 0 amide bonds. The molecule has 1 saturated carbocycles. The van der Waals surface area contributed by atoms with Crippen LogP contribution in [0.1, 0.15) is 26.2 Å². The van der Waals surface area contributed by atoms with Gasteiger partial charge >= 0.3 is 0 Å². The van der Waals surface area contributed by atoms with Gasteiger partial charge in [-0.15, -0.1) is 0 Å². The van der Waals surface area contributed by atoms with E-state index in [4.69, 9.17) is 47.6 Å². The normalized spacial score (nSPS) is 52.9. The van der Waals surface area contributed by atoms with Gasteiger partial charge in [-0.25, -0.2) is 0 Å². The Kier molecular flexibility index (Phi) is 7.71. The minimum atomic E-state index is -1.41. The predicted molar refractivity (Wildman–Crippen MR) is 106 cm³/mol. The van der Waals surface area contributed by atoms with Crippen LogP contribution in [0.15, 0.2) is 0 Å². The van der Waals surface area contributed by atoms with Gasteiger partial charge in [-0.2, -0.15) is 0 Å². The van der Waals surface area contributed by atoms with Gasteiger partial charge in [0.05, 0.1) is 24.8 Å². The predicted octanol–water partition coefficient (Wildman–Crippen LogP) is -4.24. The molecule has 12 unspecified atom stereocenters. The highest BCUT2D eigenvalue weighted by molar-refractivity contribution is 5.01. The molecule has 2 saturated heterocycles. The largest absolute Gasteiger partial charge is 0.388 e. The SMILES string of the molecule is CC1(O)COC(OC2C(N)CC(N)C(OC3OC(CN)CCC3N)C2O)C(O)C1N. The van der Waals surface area contributed by atoms with Gasteiger partial charge in [0.15, 0.2) is 12.6 Å². The van der Waals surface area contributed by atoms with Crippen LogP contribution in [0.25, 0.3) is 0 Å². The number of hydrogen-bond donors (Lipinski definition) is 8. The van der Waals surface area contributed by atoms with Gasteiger partial charge < -0.3 is 62.9 Å². The zero-order valence-corrected chi connectivity index (χ0v) is 17.2. The van der Waals surface area contributed by atoms with Gasteiger partial charge in [0.1, 0.15) is 30.0 Å². The maximum Gasteiger partial charge on any atom is 0.185 e. The van der Waals surface area contributed by atoms with Gasteiger partial charge in [0, 0.05) is 18.6 Å². The molecular weight excluding hydrogens is 398 g/mol. The molecule has 1 aliphatic carbocycles. The third-order valence-corrected chi connectivity index (χ3v) is 6.31. The molecule has 12 nitrogen and oxygen atoms in total. The Morgan fingerprint density at radius 3 is 2.13 bits per heavy atom. The van der Waals surface area contributed by atoms with Crippen molar-refractivity contribution in [2.45, 2.75) is 99.1 Å². The molecule has 176 valence electrons. The summed E-state index contributed by atoms with van der Waals surface area (Å²) in [7, 11) is 0. The van der Waals surface area contributed by atoms with Crippen LogP contribution in [0.4, 0.5) is 0 Å². The maximum atomic E-state index is 10.9. The van der Waals surface area contributed by atoms with Gasteiger partial charge in [-0.1, -0.05) is 0 Å². The van der Waals surface area contributed by atoms with Crippen LogP contribution in [-0.4, -0.2) is 101 Å². The Morgan fingerprint density at radius 1 is 0.933 bits per heavy atom. The highest BCUT2D eigenvalue weighted by Gasteiger charge is 2.50. The molecule has 30 heavy (non-hydrogen) atoms. The number of ether oxygens (including phenoxy) is 4. The Balaban J connectivity index is 1.67. The van der Waals surface area contributed by atoms with Crippen LogP contribution in [0, 0.1) is 0 Å². The molecule has 0 aromatic rings. The Bertz CT molecular complexity index is 573. The highest BCUT2D eigenvalue weighted by atomic mass is 16.7. The zero-order valence-electron chi connectivity index (χ0n) is 17.2. The minimum absolute atomic E-state index is 0.140. The van der Waals surface area contributed by atoms with Crippen molar-refractivity contribution in [3.8, 4) is 0 Å². The average molecular weight is 436 g/mol. The number of aliphatic hydroxyl groups is 3. The fourth-order valence-electron chi connectivity index (χ4n) is 4.23. The van der Waals surface area contributed by atoms with Crippen molar-refractivity contribution in [2.24, 2.45) is 28.7 Å². The van der Waals surface area contributed by atoms with Crippen LogP contribution in [-0.2, 0) is 18.9 Å². The van der Waals surface area contributed by atoms with Crippen molar-refractivity contribution in [3.05, 3.63) is 0 Å². The number of rotatable bonds is 5. The van der Waals surface area contributed by atoms with Gasteiger partial charge in [0.2, 0.25) is 0 Å². The molecule has 0 radical (unpaired) electrons. The lowest BCUT2D eigenvalue weighted by molar-refractivity contribution is -0.304. The van der Waals surface area contributed by atoms with Crippen molar-refractivity contribution in [1.29, 1.82) is 0 Å². The fraction of sp³-hybridized carbons (Fsp3) is 1.00. The topological polar surface area (TPSA) is 228 Å². The first-order valence-electron chi connectivity index (χ1n) is 10.4. The van der Waals surface area contributed by atoms with Crippen LogP contribution in [0.5, 0.6) is 0 Å². The summed E-state index contributed by atoms with van der Waals surface area (Å²) in [5, 5.41) is 31.5. The zero-order chi connectivity index (χ0) is 22.2. The van der Waals surface area contributed by atoms with E-state index in [0.717, 1.165) is 6.42 Å². The summed E-state index contributed by atoms with van der Waals surface area (Å²) < 4.78 is 23.0. The molecule has 0 bridgehead atoms. The van der Waals surface area contributed by atoms with E-state index in [2.05, 4.69) is 0 Å². The van der Waals surface area contributed by atoms with Gasteiger partial charge in [0.25, 0.3) is 0 Å². The minimum Gasteiger partial charge on any atom is -0.388 e. The van der Waals surface area contributed by atoms with Gasteiger partial charge in [-0.05, 0) is 26.2 Å². The molecule has 0 aromatic heterocycles. The van der Waals surface area contributed by atoms with Crippen molar-refractivity contribution >= 4 is 0 Å². The molecule has 3 aliphatic rings. The lowest BCUT2D eigenvalue weighted by Crippen LogP contribution is -2.68. The summed E-state index contributed by atoms with van der Waals surface area (Å²) in [5.41, 5.74) is 28.7. The number of nitrogens with two attached hydrogens (primary N) is 5. The lowest BCUT2D eigenvalue weighted by Gasteiger charge is -2.47. The fourth-order valence-corrected chi connectivity index (χ4v) is 4.23. The van der Waals surface area contributed by atoms with E-state index in [1.807, 2.05) is 0 Å².